The highest BCUT2D eigenvalue weighted by molar-refractivity contribution is 5.92. The smallest absolute Gasteiger partial charge is 0.387 e. The largest absolute Gasteiger partial charge is 0.435 e. The summed E-state index contributed by atoms with van der Waals surface area (Å²) in [5, 5.41) is 6.52. The molecule has 1 aliphatic carbocycles. The molecule has 23 heavy (non-hydrogen) atoms. The number of rotatable bonds is 7. The molecule has 1 N–H and O–H groups in total. The fourth-order valence-corrected chi connectivity index (χ4v) is 2.21. The van der Waals surface area contributed by atoms with E-state index in [1.54, 1.807) is 18.2 Å². The quantitative estimate of drug-likeness (QED) is 0.850. The summed E-state index contributed by atoms with van der Waals surface area (Å²) in [7, 11) is 0. The minimum absolute atomic E-state index is 0.114. The van der Waals surface area contributed by atoms with Crippen LogP contribution in [0.4, 0.5) is 8.78 Å². The van der Waals surface area contributed by atoms with Gasteiger partial charge in [0, 0.05) is 18.5 Å². The van der Waals surface area contributed by atoms with Crippen molar-refractivity contribution in [1.29, 1.82) is 0 Å². The number of hydrogen-bond acceptors (Lipinski definition) is 4. The number of carbonyl (C=O) groups excluding carboxylic acids is 1. The third-order valence-electron chi connectivity index (χ3n) is 3.59. The van der Waals surface area contributed by atoms with E-state index < -0.39 is 6.61 Å². The summed E-state index contributed by atoms with van der Waals surface area (Å²) in [4.78, 5) is 11.9. The summed E-state index contributed by atoms with van der Waals surface area (Å²) in [6.45, 7) is -2.41. The van der Waals surface area contributed by atoms with Crippen molar-refractivity contribution in [1.82, 2.24) is 10.5 Å². The minimum Gasteiger partial charge on any atom is -0.435 e. The van der Waals surface area contributed by atoms with Gasteiger partial charge in [0.25, 0.3) is 5.91 Å². The first-order valence-electron chi connectivity index (χ1n) is 7.40. The highest BCUT2D eigenvalue weighted by Crippen LogP contribution is 2.40. The van der Waals surface area contributed by atoms with Gasteiger partial charge in [0.15, 0.2) is 5.69 Å². The number of benzene rings is 1. The van der Waals surface area contributed by atoms with E-state index >= 15 is 0 Å². The van der Waals surface area contributed by atoms with Crippen LogP contribution in [-0.4, -0.2) is 24.2 Å². The molecule has 1 aliphatic rings. The molecule has 1 fully saturated rings. The van der Waals surface area contributed by atoms with E-state index in [2.05, 4.69) is 15.2 Å². The summed E-state index contributed by atoms with van der Waals surface area (Å²) in [6.07, 6.45) is 2.75. The molecule has 0 unspecified atom stereocenters. The molecular weight excluding hydrogens is 306 g/mol. The van der Waals surface area contributed by atoms with Crippen LogP contribution in [0.5, 0.6) is 5.75 Å². The summed E-state index contributed by atoms with van der Waals surface area (Å²) < 4.78 is 33.5. The molecule has 1 amide bonds. The van der Waals surface area contributed by atoms with Crippen LogP contribution in [0, 0.1) is 0 Å². The van der Waals surface area contributed by atoms with Gasteiger partial charge in [0.2, 0.25) is 0 Å². The Morgan fingerprint density at radius 3 is 2.74 bits per heavy atom. The molecule has 7 heteroatoms. The topological polar surface area (TPSA) is 64.4 Å². The zero-order chi connectivity index (χ0) is 16.2. The fraction of sp³-hybridized carbons (Fsp3) is 0.375. The van der Waals surface area contributed by atoms with Crippen molar-refractivity contribution in [3.05, 3.63) is 47.3 Å². The van der Waals surface area contributed by atoms with E-state index in [4.69, 9.17) is 4.52 Å². The summed E-state index contributed by atoms with van der Waals surface area (Å²) >= 11 is 0. The van der Waals surface area contributed by atoms with Crippen LogP contribution in [-0.2, 0) is 6.42 Å². The Balaban J connectivity index is 1.45. The first-order chi connectivity index (χ1) is 11.1. The van der Waals surface area contributed by atoms with Crippen molar-refractivity contribution in [2.45, 2.75) is 31.8 Å². The van der Waals surface area contributed by atoms with Gasteiger partial charge < -0.3 is 14.6 Å². The predicted molar refractivity (Wildman–Crippen MR) is 77.6 cm³/mol. The number of hydrogen-bond donors (Lipinski definition) is 1. The number of halogens is 2. The highest BCUT2D eigenvalue weighted by atomic mass is 19.3. The van der Waals surface area contributed by atoms with Gasteiger partial charge in [-0.3, -0.25) is 4.79 Å². The monoisotopic (exact) mass is 322 g/mol. The minimum atomic E-state index is -2.83. The Kier molecular flexibility index (Phi) is 4.55. The molecule has 1 aromatic heterocycles. The number of nitrogens with zero attached hydrogens (tertiary/aromatic N) is 1. The zero-order valence-electron chi connectivity index (χ0n) is 12.3. The molecule has 1 heterocycles. The third-order valence-corrected chi connectivity index (χ3v) is 3.59. The molecule has 3 rings (SSSR count). The molecule has 1 saturated carbocycles. The molecule has 0 aliphatic heterocycles. The van der Waals surface area contributed by atoms with Gasteiger partial charge >= 0.3 is 6.61 Å². The van der Waals surface area contributed by atoms with Crippen molar-refractivity contribution in [2.75, 3.05) is 6.54 Å². The highest BCUT2D eigenvalue weighted by Gasteiger charge is 2.28. The average Bonchev–Trinajstić information content (AvgIpc) is 3.25. The maximum absolute atomic E-state index is 12.0. The number of nitrogens with one attached hydrogen (secondary N) is 1. The van der Waals surface area contributed by atoms with Gasteiger partial charge in [-0.2, -0.15) is 8.78 Å². The van der Waals surface area contributed by atoms with Gasteiger partial charge in [-0.05, 0) is 37.0 Å². The van der Waals surface area contributed by atoms with Crippen molar-refractivity contribution >= 4 is 5.91 Å². The maximum Gasteiger partial charge on any atom is 0.387 e. The van der Waals surface area contributed by atoms with Crippen LogP contribution in [0.25, 0.3) is 0 Å². The van der Waals surface area contributed by atoms with E-state index in [-0.39, 0.29) is 17.4 Å². The van der Waals surface area contributed by atoms with Crippen LogP contribution in [0.1, 0.15) is 40.6 Å². The lowest BCUT2D eigenvalue weighted by atomic mass is 10.1. The van der Waals surface area contributed by atoms with Gasteiger partial charge in [-0.15, -0.1) is 0 Å². The molecule has 5 nitrogen and oxygen atoms in total. The second kappa shape index (κ2) is 6.76. The molecule has 0 atom stereocenters. The average molecular weight is 322 g/mol. The Hall–Kier alpha value is -2.44. The van der Waals surface area contributed by atoms with Crippen molar-refractivity contribution in [3.8, 4) is 5.75 Å². The van der Waals surface area contributed by atoms with Crippen LogP contribution in [0.15, 0.2) is 34.9 Å². The zero-order valence-corrected chi connectivity index (χ0v) is 12.3. The van der Waals surface area contributed by atoms with E-state index in [9.17, 15) is 13.6 Å². The first-order valence-corrected chi connectivity index (χ1v) is 7.40. The van der Waals surface area contributed by atoms with E-state index in [1.807, 2.05) is 0 Å². The molecular formula is C16H16F2N2O3. The van der Waals surface area contributed by atoms with E-state index in [0.29, 0.717) is 18.9 Å². The number of carbonyl (C=O) groups is 1. The van der Waals surface area contributed by atoms with E-state index in [1.165, 1.54) is 12.1 Å². The second-order valence-corrected chi connectivity index (χ2v) is 5.42. The molecule has 122 valence electrons. The molecule has 1 aromatic carbocycles. The predicted octanol–water partition coefficient (Wildman–Crippen LogP) is 3.13. The van der Waals surface area contributed by atoms with Gasteiger partial charge in [0.1, 0.15) is 11.5 Å². The molecule has 0 radical (unpaired) electrons. The summed E-state index contributed by atoms with van der Waals surface area (Å²) in [5.41, 5.74) is 1.19. The summed E-state index contributed by atoms with van der Waals surface area (Å²) in [5.74, 6) is 1.02. The molecule has 0 bridgehead atoms. The Labute approximate surface area is 131 Å². The normalized spacial score (nSPS) is 14.0. The lowest BCUT2D eigenvalue weighted by Gasteiger charge is -2.06. The number of amides is 1. The SMILES string of the molecule is O=C(NCCc1ccc(OC(F)F)cc1)c1cc(C2CC2)on1. The number of aromatic nitrogens is 1. The van der Waals surface area contributed by atoms with E-state index in [0.717, 1.165) is 24.2 Å². The van der Waals surface area contributed by atoms with Gasteiger partial charge in [-0.1, -0.05) is 17.3 Å². The van der Waals surface area contributed by atoms with Crippen LogP contribution >= 0.6 is 0 Å². The van der Waals surface area contributed by atoms with Crippen LogP contribution in [0.2, 0.25) is 0 Å². The van der Waals surface area contributed by atoms with Gasteiger partial charge in [-0.25, -0.2) is 0 Å². The van der Waals surface area contributed by atoms with Gasteiger partial charge in [0.05, 0.1) is 0 Å². The Bertz CT molecular complexity index is 666. The molecule has 0 saturated heterocycles. The van der Waals surface area contributed by atoms with Crippen molar-refractivity contribution in [2.24, 2.45) is 0 Å². The number of ether oxygens (including phenoxy) is 1. The fourth-order valence-electron chi connectivity index (χ4n) is 2.21. The Morgan fingerprint density at radius 2 is 2.09 bits per heavy atom. The maximum atomic E-state index is 12.0. The third kappa shape index (κ3) is 4.28. The standard InChI is InChI=1S/C16H16F2N2O3/c17-16(18)22-12-5-1-10(2-6-12)7-8-19-15(21)13-9-14(23-20-13)11-3-4-11/h1-2,5-6,9,11,16H,3-4,7-8H2,(H,19,21). The van der Waals surface area contributed by atoms with Crippen LogP contribution in [0.3, 0.4) is 0 Å². The Morgan fingerprint density at radius 1 is 1.35 bits per heavy atom. The van der Waals surface area contributed by atoms with Crippen LogP contribution < -0.4 is 10.1 Å². The lowest BCUT2D eigenvalue weighted by Crippen LogP contribution is -2.25. The van der Waals surface area contributed by atoms with Crippen molar-refractivity contribution in [3.63, 3.8) is 0 Å². The first kappa shape index (κ1) is 15.5. The molecule has 2 aromatic rings. The van der Waals surface area contributed by atoms with Crippen molar-refractivity contribution < 1.29 is 22.8 Å². The lowest BCUT2D eigenvalue weighted by molar-refractivity contribution is -0.0498. The number of alkyl halides is 2. The summed E-state index contributed by atoms with van der Waals surface area (Å²) in [6, 6.07) is 8.01. The second-order valence-electron chi connectivity index (χ2n) is 5.42. The molecule has 0 spiro atoms.